The lowest BCUT2D eigenvalue weighted by molar-refractivity contribution is 0.122. The Hall–Kier alpha value is -4.93. The smallest absolute Gasteiger partial charge is 0.254 e. The van der Waals surface area contributed by atoms with E-state index in [2.05, 4.69) is 108 Å². The molecule has 6 aromatic heterocycles. The second kappa shape index (κ2) is 19.0. The van der Waals surface area contributed by atoms with Gasteiger partial charge < -0.3 is 37.1 Å². The van der Waals surface area contributed by atoms with Crippen molar-refractivity contribution in [2.24, 2.45) is 0 Å². The molecule has 2 aliphatic heterocycles. The van der Waals surface area contributed by atoms with Crippen LogP contribution in [0.5, 0.6) is 0 Å². The molecule has 19 nitrogen and oxygen atoms in total. The maximum atomic E-state index is 5.97. The molecule has 0 bridgehead atoms. The summed E-state index contributed by atoms with van der Waals surface area (Å²) in [6.07, 6.45) is 19.0. The summed E-state index contributed by atoms with van der Waals surface area (Å²) in [4.78, 5) is 30.7. The summed E-state index contributed by atoms with van der Waals surface area (Å²) < 4.78 is 12.4. The van der Waals surface area contributed by atoms with E-state index in [0.29, 0.717) is 59.0 Å². The van der Waals surface area contributed by atoms with Crippen molar-refractivity contribution in [3.63, 3.8) is 0 Å². The zero-order valence-corrected chi connectivity index (χ0v) is 35.8. The third kappa shape index (κ3) is 9.97. The molecule has 7 N–H and O–H groups in total. The van der Waals surface area contributed by atoms with Crippen LogP contribution in [0.25, 0.3) is 17.8 Å². The summed E-state index contributed by atoms with van der Waals surface area (Å²) in [7, 11) is 0. The molecular formula is C35H43Br3N18O. The molecule has 57 heavy (non-hydrogen) atoms. The summed E-state index contributed by atoms with van der Waals surface area (Å²) in [5.41, 5.74) is 17.8. The van der Waals surface area contributed by atoms with Gasteiger partial charge in [0.1, 0.15) is 36.7 Å². The highest BCUT2D eigenvalue weighted by molar-refractivity contribution is 9.11. The van der Waals surface area contributed by atoms with Crippen molar-refractivity contribution in [3.8, 4) is 17.8 Å². The fraction of sp³-hybridized carbons (Fsp3) is 0.400. The Morgan fingerprint density at radius 1 is 0.544 bits per heavy atom. The molecule has 22 heteroatoms. The Bertz CT molecular complexity index is 2080. The van der Waals surface area contributed by atoms with E-state index < -0.39 is 0 Å². The number of rotatable bonds is 7. The van der Waals surface area contributed by atoms with Gasteiger partial charge in [-0.25, -0.2) is 14.0 Å². The second-order valence-electron chi connectivity index (χ2n) is 13.3. The highest BCUT2D eigenvalue weighted by Gasteiger charge is 2.22. The number of aromatic nitrogens is 12. The van der Waals surface area contributed by atoms with E-state index in [1.165, 1.54) is 44.9 Å². The summed E-state index contributed by atoms with van der Waals surface area (Å²) in [5, 5.41) is 15.8. The van der Waals surface area contributed by atoms with E-state index in [9.17, 15) is 0 Å². The van der Waals surface area contributed by atoms with Gasteiger partial charge in [-0.05, 0) is 98.1 Å². The van der Waals surface area contributed by atoms with Gasteiger partial charge in [0.15, 0.2) is 11.6 Å². The quantitative estimate of drug-likeness (QED) is 0.161. The number of hydrogen-bond acceptors (Lipinski definition) is 16. The van der Waals surface area contributed by atoms with Crippen LogP contribution in [-0.4, -0.2) is 105 Å². The number of nitrogens with one attached hydrogen (secondary N) is 1. The number of hydrogen-bond donors (Lipinski definition) is 4. The van der Waals surface area contributed by atoms with Crippen LogP contribution in [0.15, 0.2) is 68.8 Å². The predicted molar refractivity (Wildman–Crippen MR) is 229 cm³/mol. The highest BCUT2D eigenvalue weighted by atomic mass is 79.9. The minimum atomic E-state index is 0.405. The average molecular weight is 972 g/mol. The standard InChI is InChI=1S/2C12H15BrN6.C11H13BrN6O/c13-9-10(14)17-12(19-7-3-6-15-19)18-11(9)16-8-4-1-2-5-8;13-9-10(14)16-12(19-8-4-5-15-19)17-11(9)18-6-2-1-3-7-18;12-8-9(13)15-11(18-3-1-2-14-18)16-10(8)17-4-6-19-7-5-17/h3,6-8H,1-2,4-5H2,(H3,14,16,17,18);4-5,8H,1-3,6-7H2,(H2,14,16,17);1-3H,4-7H2,(H2,13,15,16). The van der Waals surface area contributed by atoms with Crippen LogP contribution in [0.3, 0.4) is 0 Å². The number of piperidine rings is 1. The lowest BCUT2D eigenvalue weighted by Crippen LogP contribution is -2.37. The highest BCUT2D eigenvalue weighted by Crippen LogP contribution is 2.32. The molecule has 0 amide bonds. The van der Waals surface area contributed by atoms with Crippen LogP contribution in [0.1, 0.15) is 44.9 Å². The van der Waals surface area contributed by atoms with Crippen molar-refractivity contribution in [1.29, 1.82) is 0 Å². The van der Waals surface area contributed by atoms with Gasteiger partial charge in [0.05, 0.1) is 13.2 Å². The van der Waals surface area contributed by atoms with E-state index in [1.54, 1.807) is 45.0 Å². The molecule has 3 fully saturated rings. The Balaban J connectivity index is 0.000000131. The molecule has 300 valence electrons. The lowest BCUT2D eigenvalue weighted by atomic mass is 10.1. The lowest BCUT2D eigenvalue weighted by Gasteiger charge is -2.28. The van der Waals surface area contributed by atoms with E-state index in [1.807, 2.05) is 24.4 Å². The molecule has 1 saturated carbocycles. The van der Waals surface area contributed by atoms with E-state index in [4.69, 9.17) is 21.9 Å². The van der Waals surface area contributed by atoms with Crippen molar-refractivity contribution in [2.75, 3.05) is 71.7 Å². The van der Waals surface area contributed by atoms with Gasteiger partial charge in [-0.15, -0.1) is 0 Å². The Morgan fingerprint density at radius 2 is 0.982 bits per heavy atom. The fourth-order valence-electron chi connectivity index (χ4n) is 6.46. The molecule has 8 heterocycles. The van der Waals surface area contributed by atoms with Crippen molar-refractivity contribution in [2.45, 2.75) is 51.0 Å². The Labute approximate surface area is 354 Å². The molecule has 0 atom stereocenters. The largest absolute Gasteiger partial charge is 0.383 e. The first-order valence-electron chi connectivity index (χ1n) is 18.6. The molecule has 1 aliphatic carbocycles. The number of halogens is 3. The van der Waals surface area contributed by atoms with Gasteiger partial charge in [-0.3, -0.25) is 0 Å². The van der Waals surface area contributed by atoms with Gasteiger partial charge >= 0.3 is 0 Å². The van der Waals surface area contributed by atoms with Crippen molar-refractivity contribution >= 4 is 82.7 Å². The summed E-state index contributed by atoms with van der Waals surface area (Å²) >= 11 is 10.4. The third-order valence-corrected chi connectivity index (χ3v) is 11.7. The molecule has 0 spiro atoms. The number of ether oxygens (including phenoxy) is 1. The maximum absolute atomic E-state index is 5.97. The van der Waals surface area contributed by atoms with Crippen LogP contribution in [-0.2, 0) is 4.74 Å². The normalized spacial score (nSPS) is 15.8. The number of nitrogen functional groups attached to an aromatic ring is 3. The van der Waals surface area contributed by atoms with Gasteiger partial charge in [-0.2, -0.15) is 45.2 Å². The average Bonchev–Trinajstić information content (AvgIpc) is 4.09. The van der Waals surface area contributed by atoms with Crippen LogP contribution >= 0.6 is 47.8 Å². The minimum Gasteiger partial charge on any atom is -0.383 e. The molecule has 0 unspecified atom stereocenters. The van der Waals surface area contributed by atoms with Gasteiger partial charge in [0.25, 0.3) is 17.8 Å². The number of nitrogens with two attached hydrogens (primary N) is 3. The first kappa shape index (κ1) is 40.3. The summed E-state index contributed by atoms with van der Waals surface area (Å²) in [6.45, 7) is 4.96. The molecular weight excluding hydrogens is 928 g/mol. The molecule has 3 aliphatic rings. The Kier molecular flexibility index (Phi) is 13.4. The first-order chi connectivity index (χ1) is 27.7. The van der Waals surface area contributed by atoms with Crippen molar-refractivity contribution < 1.29 is 4.74 Å². The minimum absolute atomic E-state index is 0.405. The topological polar surface area (TPSA) is 237 Å². The van der Waals surface area contributed by atoms with Crippen molar-refractivity contribution in [1.82, 2.24) is 59.2 Å². The zero-order chi connectivity index (χ0) is 39.7. The molecule has 0 aromatic carbocycles. The van der Waals surface area contributed by atoms with Crippen LogP contribution < -0.4 is 32.3 Å². The SMILES string of the molecule is Nc1nc(-n2cccn2)nc(N2CCCCC2)c1Br.Nc1nc(-n2cccn2)nc(N2CCOCC2)c1Br.Nc1nc(-n2cccn2)nc(NC2CCCC2)c1Br. The van der Waals surface area contributed by atoms with E-state index in [-0.39, 0.29) is 0 Å². The molecule has 0 radical (unpaired) electrons. The molecule has 9 rings (SSSR count). The van der Waals surface area contributed by atoms with Crippen LogP contribution in [0, 0.1) is 0 Å². The van der Waals surface area contributed by atoms with E-state index >= 15 is 0 Å². The van der Waals surface area contributed by atoms with E-state index in [0.717, 1.165) is 52.6 Å². The third-order valence-electron chi connectivity index (χ3n) is 9.35. The fourth-order valence-corrected chi connectivity index (χ4v) is 7.61. The van der Waals surface area contributed by atoms with Gasteiger partial charge in [0.2, 0.25) is 0 Å². The van der Waals surface area contributed by atoms with Gasteiger partial charge in [-0.1, -0.05) is 12.8 Å². The monoisotopic (exact) mass is 968 g/mol. The summed E-state index contributed by atoms with van der Waals surface area (Å²) in [6, 6.07) is 5.94. The Morgan fingerprint density at radius 3 is 1.44 bits per heavy atom. The molecule has 6 aromatic rings. The van der Waals surface area contributed by atoms with Crippen molar-refractivity contribution in [3.05, 3.63) is 68.8 Å². The van der Waals surface area contributed by atoms with Crippen LogP contribution in [0.2, 0.25) is 0 Å². The summed E-state index contributed by atoms with van der Waals surface area (Å²) in [5.74, 6) is 5.10. The first-order valence-corrected chi connectivity index (χ1v) is 21.0. The zero-order valence-electron chi connectivity index (χ0n) is 31.0. The number of anilines is 6. The second-order valence-corrected chi connectivity index (χ2v) is 15.7. The van der Waals surface area contributed by atoms with Gasteiger partial charge in [0, 0.05) is 69.4 Å². The maximum Gasteiger partial charge on any atom is 0.254 e. The molecule has 2 saturated heterocycles. The number of nitrogens with zero attached hydrogens (tertiary/aromatic N) is 14. The predicted octanol–water partition coefficient (Wildman–Crippen LogP) is 5.20. The number of morpholine rings is 1. The van der Waals surface area contributed by atoms with Crippen LogP contribution in [0.4, 0.5) is 34.9 Å².